The molecular formula is C22H23ClN2O4S. The molecule has 0 saturated carbocycles. The molecule has 0 fully saturated rings. The van der Waals surface area contributed by atoms with Gasteiger partial charge in [0.2, 0.25) is 0 Å². The van der Waals surface area contributed by atoms with Crippen LogP contribution in [0.4, 0.5) is 5.69 Å². The van der Waals surface area contributed by atoms with E-state index in [2.05, 4.69) is 9.71 Å². The molecule has 1 heterocycles. The van der Waals surface area contributed by atoms with Crippen molar-refractivity contribution in [1.29, 1.82) is 0 Å². The van der Waals surface area contributed by atoms with Gasteiger partial charge < -0.3 is 14.2 Å². The molecule has 3 aromatic rings. The number of rotatable bonds is 7. The van der Waals surface area contributed by atoms with Gasteiger partial charge >= 0.3 is 0 Å². The minimum atomic E-state index is -1.50. The second-order valence-corrected chi connectivity index (χ2v) is 7.41. The summed E-state index contributed by atoms with van der Waals surface area (Å²) in [5, 5.41) is 0.459. The normalized spacial score (nSPS) is 11.0. The zero-order chi connectivity index (χ0) is 22.1. The lowest BCUT2D eigenvalue weighted by Crippen LogP contribution is -2.05. The Labute approximate surface area is 183 Å². The molecule has 0 aliphatic heterocycles. The fourth-order valence-corrected chi connectivity index (χ4v) is 3.38. The number of nitrogens with one attached hydrogen (secondary N) is 1. The average Bonchev–Trinajstić information content (AvgIpc) is 2.76. The third-order valence-corrected chi connectivity index (χ3v) is 5.08. The molecule has 0 amide bonds. The summed E-state index contributed by atoms with van der Waals surface area (Å²) in [5.74, 6) is 1.35. The van der Waals surface area contributed by atoms with E-state index < -0.39 is 11.0 Å². The maximum absolute atomic E-state index is 12.5. The van der Waals surface area contributed by atoms with Crippen LogP contribution >= 0.6 is 11.6 Å². The highest BCUT2D eigenvalue weighted by atomic mass is 35.5. The van der Waals surface area contributed by atoms with Gasteiger partial charge in [0.25, 0.3) is 0 Å². The third kappa shape index (κ3) is 6.30. The summed E-state index contributed by atoms with van der Waals surface area (Å²) in [6, 6.07) is 13.3. The summed E-state index contributed by atoms with van der Waals surface area (Å²) in [4.78, 5) is 15.9. The first-order valence-electron chi connectivity index (χ1n) is 9.22. The Morgan fingerprint density at radius 3 is 2.33 bits per heavy atom. The number of benzene rings is 2. The molecule has 3 rings (SSSR count). The highest BCUT2D eigenvalue weighted by Crippen LogP contribution is 2.34. The van der Waals surface area contributed by atoms with Crippen molar-refractivity contribution in [2.75, 3.05) is 11.8 Å². The van der Waals surface area contributed by atoms with Crippen LogP contribution in [0.1, 0.15) is 31.1 Å². The predicted molar refractivity (Wildman–Crippen MR) is 120 cm³/mol. The van der Waals surface area contributed by atoms with Gasteiger partial charge in [0.1, 0.15) is 16.7 Å². The maximum atomic E-state index is 12.5. The maximum Gasteiger partial charge on any atom is 0.169 e. The van der Waals surface area contributed by atoms with Crippen LogP contribution in [0, 0.1) is 0 Å². The number of anilines is 1. The number of halogens is 1. The molecule has 0 aliphatic carbocycles. The number of hydrogen-bond acceptors (Lipinski definition) is 5. The summed E-state index contributed by atoms with van der Waals surface area (Å²) in [6.45, 7) is 5.49. The van der Waals surface area contributed by atoms with Gasteiger partial charge in [-0.15, -0.1) is 0 Å². The number of ether oxygens (including phenoxy) is 2. The minimum absolute atomic E-state index is 0.0412. The summed E-state index contributed by atoms with van der Waals surface area (Å²) >= 11 is 5.92. The van der Waals surface area contributed by atoms with Gasteiger partial charge in [-0.1, -0.05) is 37.6 Å². The predicted octanol–water partition coefficient (Wildman–Crippen LogP) is 5.90. The topological polar surface area (TPSA) is 77.5 Å². The lowest BCUT2D eigenvalue weighted by atomic mass is 10.2. The monoisotopic (exact) mass is 446 g/mol. The molecule has 6 nitrogen and oxygen atoms in total. The number of carbonyl (C=O) groups is 1. The Bertz CT molecular complexity index is 1030. The number of ketones is 1. The van der Waals surface area contributed by atoms with Gasteiger partial charge in [0.05, 0.1) is 28.9 Å². The average molecular weight is 447 g/mol. The largest absolute Gasteiger partial charge is 0.493 e. The first kappa shape index (κ1) is 23.4. The van der Waals surface area contributed by atoms with Gasteiger partial charge in [-0.3, -0.25) is 9.78 Å². The van der Waals surface area contributed by atoms with Crippen LogP contribution in [0.25, 0.3) is 0 Å². The smallest absolute Gasteiger partial charge is 0.169 e. The minimum Gasteiger partial charge on any atom is -0.493 e. The first-order valence-corrected chi connectivity index (χ1v) is 10.7. The van der Waals surface area contributed by atoms with Gasteiger partial charge in [0, 0.05) is 23.9 Å². The zero-order valence-electron chi connectivity index (χ0n) is 17.1. The molecule has 30 heavy (non-hydrogen) atoms. The van der Waals surface area contributed by atoms with Crippen molar-refractivity contribution >= 4 is 34.1 Å². The molecular weight excluding hydrogens is 424 g/mol. The van der Waals surface area contributed by atoms with Crippen molar-refractivity contribution in [1.82, 2.24) is 4.98 Å². The van der Waals surface area contributed by atoms with Crippen LogP contribution in [0.2, 0.25) is 5.02 Å². The Morgan fingerprint density at radius 2 is 1.73 bits per heavy atom. The van der Waals surface area contributed by atoms with Crippen LogP contribution in [-0.4, -0.2) is 22.1 Å². The van der Waals surface area contributed by atoms with Crippen molar-refractivity contribution < 1.29 is 18.5 Å². The second-order valence-electron chi connectivity index (χ2n) is 5.76. The van der Waals surface area contributed by atoms with Gasteiger partial charge in [-0.2, -0.15) is 0 Å². The lowest BCUT2D eigenvalue weighted by Gasteiger charge is -2.13. The Balaban J connectivity index is 0.00000155. The Kier molecular flexibility index (Phi) is 8.83. The van der Waals surface area contributed by atoms with E-state index in [-0.39, 0.29) is 5.78 Å². The van der Waals surface area contributed by atoms with Crippen LogP contribution < -0.4 is 14.2 Å². The third-order valence-electron chi connectivity index (χ3n) is 3.76. The quantitative estimate of drug-likeness (QED) is 0.457. The summed E-state index contributed by atoms with van der Waals surface area (Å²) < 4.78 is 26.5. The molecule has 1 atom stereocenters. The number of hydrogen-bond donors (Lipinski definition) is 1. The Morgan fingerprint density at radius 1 is 1.03 bits per heavy atom. The molecule has 1 aromatic heterocycles. The van der Waals surface area contributed by atoms with E-state index in [1.165, 1.54) is 26.4 Å². The van der Waals surface area contributed by atoms with E-state index in [4.69, 9.17) is 21.1 Å². The van der Waals surface area contributed by atoms with E-state index in [1.807, 2.05) is 13.8 Å². The molecule has 1 unspecified atom stereocenters. The fraction of sp³-hybridized carbons (Fsp3) is 0.182. The highest BCUT2D eigenvalue weighted by molar-refractivity contribution is 7.86. The summed E-state index contributed by atoms with van der Waals surface area (Å²) in [7, 11) is 0.0146. The van der Waals surface area contributed by atoms with E-state index in [9.17, 15) is 9.00 Å². The zero-order valence-corrected chi connectivity index (χ0v) is 18.7. The van der Waals surface area contributed by atoms with E-state index >= 15 is 0 Å². The van der Waals surface area contributed by atoms with E-state index in [1.54, 1.807) is 48.5 Å². The summed E-state index contributed by atoms with van der Waals surface area (Å²) in [6.07, 6.45) is 3.05. The van der Waals surface area contributed by atoms with Crippen molar-refractivity contribution in [3.05, 3.63) is 71.5 Å². The van der Waals surface area contributed by atoms with Gasteiger partial charge in [0.15, 0.2) is 17.3 Å². The number of aromatic nitrogens is 1. The van der Waals surface area contributed by atoms with Crippen LogP contribution in [0.5, 0.6) is 17.2 Å². The molecule has 8 heteroatoms. The standard InChI is InChI=1S/C20H17ClN2O4S.C2H6/c1-13(24)14-3-6-18(7-4-14)28(25)23-16-5-8-19(20(10-16)26-2)27-17-9-15(21)11-22-12-17;1-2/h3-12,23H,1-2H3;1-2H3. The molecule has 1 N–H and O–H groups in total. The molecule has 2 aromatic carbocycles. The molecule has 0 bridgehead atoms. The second kappa shape index (κ2) is 11.3. The van der Waals surface area contributed by atoms with Gasteiger partial charge in [-0.05, 0) is 31.2 Å². The molecule has 0 spiro atoms. The van der Waals surface area contributed by atoms with Crippen molar-refractivity contribution in [2.24, 2.45) is 0 Å². The van der Waals surface area contributed by atoms with E-state index in [0.717, 1.165) is 0 Å². The number of nitrogens with zero attached hydrogens (tertiary/aromatic N) is 1. The van der Waals surface area contributed by atoms with Crippen LogP contribution in [-0.2, 0) is 11.0 Å². The Hall–Kier alpha value is -2.90. The summed E-state index contributed by atoms with van der Waals surface area (Å²) in [5.41, 5.74) is 1.15. The highest BCUT2D eigenvalue weighted by Gasteiger charge is 2.11. The first-order chi connectivity index (χ1) is 14.5. The van der Waals surface area contributed by atoms with Crippen molar-refractivity contribution in [2.45, 2.75) is 25.7 Å². The van der Waals surface area contributed by atoms with Crippen LogP contribution in [0.15, 0.2) is 65.8 Å². The van der Waals surface area contributed by atoms with E-state index in [0.29, 0.717) is 38.4 Å². The number of Topliss-reactive ketones (excluding diaryl/α,β-unsaturated/α-hetero) is 1. The fourth-order valence-electron chi connectivity index (χ4n) is 2.37. The molecule has 0 saturated heterocycles. The van der Waals surface area contributed by atoms with Crippen LogP contribution in [0.3, 0.4) is 0 Å². The van der Waals surface area contributed by atoms with Crippen molar-refractivity contribution in [3.8, 4) is 17.2 Å². The molecule has 0 radical (unpaired) electrons. The number of carbonyl (C=O) groups excluding carboxylic acids is 1. The van der Waals surface area contributed by atoms with Crippen molar-refractivity contribution in [3.63, 3.8) is 0 Å². The lowest BCUT2D eigenvalue weighted by molar-refractivity contribution is 0.101. The molecule has 158 valence electrons. The van der Waals surface area contributed by atoms with Gasteiger partial charge in [-0.25, -0.2) is 4.21 Å². The SMILES string of the molecule is CC.COc1cc(NS(=O)c2ccc(C(C)=O)cc2)ccc1Oc1cncc(Cl)c1. The molecule has 0 aliphatic rings. The number of pyridine rings is 1. The number of methoxy groups -OCH3 is 1.